The first-order chi connectivity index (χ1) is 22.5. The summed E-state index contributed by atoms with van der Waals surface area (Å²) < 4.78 is 0. The third-order valence-electron chi connectivity index (χ3n) is 9.22. The topological polar surface area (TPSA) is 84.0 Å². The fourth-order valence-corrected chi connectivity index (χ4v) is 6.85. The Bertz CT molecular complexity index is 1920. The highest BCUT2D eigenvalue weighted by molar-refractivity contribution is 6.10. The van der Waals surface area contributed by atoms with Crippen molar-refractivity contribution < 1.29 is 9.59 Å². The third kappa shape index (κ3) is 5.63. The average molecular weight is 605 g/mol. The molecule has 6 aromatic rings. The lowest BCUT2D eigenvalue weighted by molar-refractivity contribution is 0.0893. The number of nitrogens with one attached hydrogen (secondary N) is 2. The number of carbonyl (C=O) groups is 2. The van der Waals surface area contributed by atoms with Gasteiger partial charge in [-0.05, 0) is 62.8 Å². The van der Waals surface area contributed by atoms with E-state index in [1.165, 1.54) is 0 Å². The molecule has 6 heteroatoms. The highest BCUT2D eigenvalue weighted by Gasteiger charge is 2.28. The van der Waals surface area contributed by atoms with E-state index in [2.05, 4.69) is 10.6 Å². The Balaban J connectivity index is 1.08. The largest absolute Gasteiger partial charge is 0.349 e. The van der Waals surface area contributed by atoms with Crippen LogP contribution in [0, 0.1) is 13.8 Å². The summed E-state index contributed by atoms with van der Waals surface area (Å²) >= 11 is 0. The molecule has 2 aromatic heterocycles. The van der Waals surface area contributed by atoms with Crippen LogP contribution in [0.4, 0.5) is 0 Å². The van der Waals surface area contributed by atoms with Crippen molar-refractivity contribution >= 4 is 33.6 Å². The van der Waals surface area contributed by atoms with Gasteiger partial charge in [-0.1, -0.05) is 97.1 Å². The normalized spacial score (nSPS) is 16.3. The van der Waals surface area contributed by atoms with E-state index >= 15 is 0 Å². The summed E-state index contributed by atoms with van der Waals surface area (Å²) in [7, 11) is 0. The van der Waals surface area contributed by atoms with Crippen molar-refractivity contribution in [2.75, 3.05) is 0 Å². The average Bonchev–Trinajstić information content (AvgIpc) is 3.09. The summed E-state index contributed by atoms with van der Waals surface area (Å²) in [6.45, 7) is 3.97. The minimum atomic E-state index is -0.0758. The van der Waals surface area contributed by atoms with Crippen LogP contribution in [0.1, 0.15) is 57.5 Å². The van der Waals surface area contributed by atoms with Crippen molar-refractivity contribution in [2.24, 2.45) is 0 Å². The molecular formula is C40H36N4O2. The minimum Gasteiger partial charge on any atom is -0.349 e. The number of pyridine rings is 2. The van der Waals surface area contributed by atoms with Crippen LogP contribution in [0.3, 0.4) is 0 Å². The van der Waals surface area contributed by atoms with E-state index in [4.69, 9.17) is 9.97 Å². The molecule has 7 rings (SSSR count). The van der Waals surface area contributed by atoms with Crippen LogP contribution in [0.15, 0.2) is 109 Å². The van der Waals surface area contributed by atoms with Gasteiger partial charge in [-0.2, -0.15) is 0 Å². The predicted octanol–water partition coefficient (Wildman–Crippen LogP) is 8.20. The number of aromatic nitrogens is 2. The highest BCUT2D eigenvalue weighted by atomic mass is 16.2. The number of hydrogen-bond acceptors (Lipinski definition) is 4. The molecule has 0 bridgehead atoms. The summed E-state index contributed by atoms with van der Waals surface area (Å²) in [6.07, 6.45) is 3.15. The van der Waals surface area contributed by atoms with Crippen molar-refractivity contribution in [3.8, 4) is 22.5 Å². The number of hydrogen-bond donors (Lipinski definition) is 2. The molecule has 1 aliphatic carbocycles. The summed E-state index contributed by atoms with van der Waals surface area (Å²) in [4.78, 5) is 37.6. The monoisotopic (exact) mass is 604 g/mol. The number of nitrogens with zero attached hydrogens (tertiary/aromatic N) is 2. The Morgan fingerprint density at radius 1 is 0.522 bits per heavy atom. The molecule has 228 valence electrons. The second kappa shape index (κ2) is 12.6. The first kappa shape index (κ1) is 29.4. The van der Waals surface area contributed by atoms with Crippen molar-refractivity contribution in [3.63, 3.8) is 0 Å². The van der Waals surface area contributed by atoms with Gasteiger partial charge < -0.3 is 10.6 Å². The standard InChI is InChI=1S/C40H36N4O2/c1-25-35(31-17-9-11-19-33(31)43-37(25)27-13-5-3-6-14-27)39(45)41-29-21-23-30(24-22-29)42-40(46)36-26(2)38(28-15-7-4-8-16-28)44-34-20-12-10-18-32(34)36/h3-20,29-30H,21-24H2,1-2H3,(H,41,45)(H,42,46). The Morgan fingerprint density at radius 3 is 1.26 bits per heavy atom. The van der Waals surface area contributed by atoms with Gasteiger partial charge in [0.2, 0.25) is 0 Å². The molecule has 1 aliphatic rings. The molecule has 0 radical (unpaired) electrons. The molecule has 2 heterocycles. The number of rotatable bonds is 6. The van der Waals surface area contributed by atoms with Gasteiger partial charge in [0.05, 0.1) is 33.5 Å². The fraction of sp³-hybridized carbons (Fsp3) is 0.200. The number of carbonyl (C=O) groups excluding carboxylic acids is 2. The molecule has 2 amide bonds. The lowest BCUT2D eigenvalue weighted by Crippen LogP contribution is -2.44. The van der Waals surface area contributed by atoms with Crippen molar-refractivity contribution in [3.05, 3.63) is 131 Å². The molecule has 2 N–H and O–H groups in total. The fourth-order valence-electron chi connectivity index (χ4n) is 6.85. The molecule has 0 spiro atoms. The molecule has 0 saturated heterocycles. The van der Waals surface area contributed by atoms with E-state index < -0.39 is 0 Å². The Morgan fingerprint density at radius 2 is 0.870 bits per heavy atom. The second-order valence-electron chi connectivity index (χ2n) is 12.2. The Hall–Kier alpha value is -5.36. The zero-order valence-electron chi connectivity index (χ0n) is 26.1. The Kier molecular flexibility index (Phi) is 8.02. The number of amides is 2. The first-order valence-electron chi connectivity index (χ1n) is 16.0. The van der Waals surface area contributed by atoms with Gasteiger partial charge in [0.15, 0.2) is 0 Å². The van der Waals surface area contributed by atoms with Crippen molar-refractivity contribution in [2.45, 2.75) is 51.6 Å². The maximum absolute atomic E-state index is 13.9. The summed E-state index contributed by atoms with van der Waals surface area (Å²) in [5, 5.41) is 8.36. The molecule has 4 aromatic carbocycles. The first-order valence-corrected chi connectivity index (χ1v) is 16.0. The van der Waals surface area contributed by atoms with Gasteiger partial charge in [-0.25, -0.2) is 9.97 Å². The molecule has 0 unspecified atom stereocenters. The zero-order chi connectivity index (χ0) is 31.6. The van der Waals surface area contributed by atoms with Gasteiger partial charge in [0.1, 0.15) is 0 Å². The number of benzene rings is 4. The molecular weight excluding hydrogens is 568 g/mol. The molecule has 1 saturated carbocycles. The van der Waals surface area contributed by atoms with Crippen LogP contribution in [0.25, 0.3) is 44.3 Å². The van der Waals surface area contributed by atoms with Crippen LogP contribution in [0.2, 0.25) is 0 Å². The van der Waals surface area contributed by atoms with Crippen molar-refractivity contribution in [1.29, 1.82) is 0 Å². The summed E-state index contributed by atoms with van der Waals surface area (Å²) in [5.74, 6) is -0.152. The molecule has 6 nitrogen and oxygen atoms in total. The zero-order valence-corrected chi connectivity index (χ0v) is 26.1. The van der Waals surface area contributed by atoms with E-state index in [1.807, 2.05) is 123 Å². The minimum absolute atomic E-state index is 0.0281. The maximum Gasteiger partial charge on any atom is 0.252 e. The molecule has 46 heavy (non-hydrogen) atoms. The molecule has 0 atom stereocenters. The van der Waals surface area contributed by atoms with Crippen LogP contribution in [0.5, 0.6) is 0 Å². The van der Waals surface area contributed by atoms with Crippen molar-refractivity contribution in [1.82, 2.24) is 20.6 Å². The van der Waals surface area contributed by atoms with Crippen LogP contribution >= 0.6 is 0 Å². The maximum atomic E-state index is 13.9. The van der Waals surface area contributed by atoms with E-state index in [1.54, 1.807) is 0 Å². The van der Waals surface area contributed by atoms with E-state index in [-0.39, 0.29) is 23.9 Å². The lowest BCUT2D eigenvalue weighted by atomic mass is 9.89. The van der Waals surface area contributed by atoms with E-state index in [0.717, 1.165) is 81.1 Å². The van der Waals surface area contributed by atoms with E-state index in [0.29, 0.717) is 11.1 Å². The Labute approximate surface area is 268 Å². The van der Waals surface area contributed by atoms with Gasteiger partial charge in [-0.3, -0.25) is 9.59 Å². The molecule has 0 aliphatic heterocycles. The number of para-hydroxylation sites is 2. The molecule has 1 fully saturated rings. The predicted molar refractivity (Wildman–Crippen MR) is 185 cm³/mol. The summed E-state index contributed by atoms with van der Waals surface area (Å²) in [5.41, 5.74) is 8.33. The van der Waals surface area contributed by atoms with Gasteiger partial charge in [-0.15, -0.1) is 0 Å². The number of fused-ring (bicyclic) bond motifs is 2. The van der Waals surface area contributed by atoms with Gasteiger partial charge in [0.25, 0.3) is 11.8 Å². The summed E-state index contributed by atoms with van der Waals surface area (Å²) in [6, 6.07) is 35.8. The van der Waals surface area contributed by atoms with Gasteiger partial charge >= 0.3 is 0 Å². The quantitative estimate of drug-likeness (QED) is 0.201. The third-order valence-corrected chi connectivity index (χ3v) is 9.22. The highest BCUT2D eigenvalue weighted by Crippen LogP contribution is 2.32. The van der Waals surface area contributed by atoms with Gasteiger partial charge in [0, 0.05) is 34.0 Å². The van der Waals surface area contributed by atoms with Crippen LogP contribution in [-0.4, -0.2) is 33.9 Å². The SMILES string of the molecule is Cc1c(-c2ccccc2)nc2ccccc2c1C(=O)NC1CCC(NC(=O)c2c(C)c(-c3ccccc3)nc3ccccc23)CC1. The smallest absolute Gasteiger partial charge is 0.252 e. The lowest BCUT2D eigenvalue weighted by Gasteiger charge is -2.30. The van der Waals surface area contributed by atoms with E-state index in [9.17, 15) is 9.59 Å². The van der Waals surface area contributed by atoms with Crippen LogP contribution in [-0.2, 0) is 0 Å². The second-order valence-corrected chi connectivity index (χ2v) is 12.2. The van der Waals surface area contributed by atoms with Crippen LogP contribution < -0.4 is 10.6 Å².